The molecular weight excluding hydrogens is 356 g/mol. The van der Waals surface area contributed by atoms with Gasteiger partial charge < -0.3 is 25.2 Å². The quantitative estimate of drug-likeness (QED) is 0.555. The van der Waals surface area contributed by atoms with Gasteiger partial charge in [-0.2, -0.15) is 0 Å². The zero-order chi connectivity index (χ0) is 19.7. The van der Waals surface area contributed by atoms with Crippen molar-refractivity contribution in [3.05, 3.63) is 83.4 Å². The first kappa shape index (κ1) is 19.1. The van der Waals surface area contributed by atoms with Crippen molar-refractivity contribution < 1.29 is 25.2 Å². The SMILES string of the molecule is OCC1OC(c2cccc(Cc3cc4cccccc-4c3)c2)[C@H](O)[C@@H](O)[C@@H]1O. The molecule has 0 amide bonds. The van der Waals surface area contributed by atoms with Gasteiger partial charge in [-0.1, -0.05) is 66.7 Å². The third-order valence-corrected chi connectivity index (χ3v) is 5.37. The first-order valence-corrected chi connectivity index (χ1v) is 9.44. The van der Waals surface area contributed by atoms with E-state index in [1.54, 1.807) is 0 Å². The summed E-state index contributed by atoms with van der Waals surface area (Å²) in [6.45, 7) is -0.432. The van der Waals surface area contributed by atoms with Gasteiger partial charge in [-0.15, -0.1) is 0 Å². The second-order valence-electron chi connectivity index (χ2n) is 7.36. The number of aliphatic hydroxyl groups excluding tert-OH is 4. The van der Waals surface area contributed by atoms with Crippen LogP contribution in [0.25, 0.3) is 11.1 Å². The summed E-state index contributed by atoms with van der Waals surface area (Å²) in [5, 5.41) is 39.8. The Morgan fingerprint density at radius 3 is 2.11 bits per heavy atom. The van der Waals surface area contributed by atoms with Gasteiger partial charge >= 0.3 is 0 Å². The zero-order valence-electron chi connectivity index (χ0n) is 15.3. The van der Waals surface area contributed by atoms with E-state index in [0.29, 0.717) is 5.56 Å². The van der Waals surface area contributed by atoms with Gasteiger partial charge in [0.05, 0.1) is 6.61 Å². The molecule has 2 aliphatic carbocycles. The van der Waals surface area contributed by atoms with Gasteiger partial charge in [0.25, 0.3) is 0 Å². The van der Waals surface area contributed by atoms with Crippen LogP contribution in [0.15, 0.2) is 66.7 Å². The zero-order valence-corrected chi connectivity index (χ0v) is 15.3. The predicted molar refractivity (Wildman–Crippen MR) is 105 cm³/mol. The molecule has 1 aromatic carbocycles. The van der Waals surface area contributed by atoms with Crippen LogP contribution in [0.5, 0.6) is 0 Å². The molecule has 3 aliphatic rings. The molecule has 2 unspecified atom stereocenters. The maximum absolute atomic E-state index is 10.4. The van der Waals surface area contributed by atoms with Crippen LogP contribution in [0.2, 0.25) is 0 Å². The summed E-state index contributed by atoms with van der Waals surface area (Å²) >= 11 is 0. The van der Waals surface area contributed by atoms with Crippen LogP contribution in [0.4, 0.5) is 0 Å². The average molecular weight is 380 g/mol. The Hall–Kier alpha value is -2.28. The highest BCUT2D eigenvalue weighted by molar-refractivity contribution is 5.68. The lowest BCUT2D eigenvalue weighted by atomic mass is 9.90. The minimum atomic E-state index is -1.37. The topological polar surface area (TPSA) is 90.2 Å². The number of ether oxygens (including phenoxy) is 1. The maximum Gasteiger partial charge on any atom is 0.113 e. The highest BCUT2D eigenvalue weighted by Gasteiger charge is 2.43. The van der Waals surface area contributed by atoms with Gasteiger partial charge in [-0.25, -0.2) is 0 Å². The molecule has 1 saturated heterocycles. The summed E-state index contributed by atoms with van der Waals surface area (Å²) in [6.07, 6.45) is -4.99. The van der Waals surface area contributed by atoms with E-state index >= 15 is 0 Å². The molecule has 1 aliphatic heterocycles. The van der Waals surface area contributed by atoms with Crippen molar-refractivity contribution in [3.8, 4) is 11.1 Å². The summed E-state index contributed by atoms with van der Waals surface area (Å²) in [5.74, 6) is 0. The molecule has 0 aromatic heterocycles. The van der Waals surface area contributed by atoms with Gasteiger partial charge in [-0.05, 0) is 34.2 Å². The van der Waals surface area contributed by atoms with E-state index in [2.05, 4.69) is 24.3 Å². The Bertz CT molecular complexity index is 878. The van der Waals surface area contributed by atoms with Crippen LogP contribution in [-0.2, 0) is 11.2 Å². The largest absolute Gasteiger partial charge is 0.394 e. The number of aliphatic hydroxyl groups is 4. The van der Waals surface area contributed by atoms with Gasteiger partial charge in [0.2, 0.25) is 0 Å². The predicted octanol–water partition coefficient (Wildman–Crippen LogP) is 1.90. The number of hydrogen-bond acceptors (Lipinski definition) is 5. The molecule has 5 atom stereocenters. The Kier molecular flexibility index (Phi) is 5.44. The van der Waals surface area contributed by atoms with Gasteiger partial charge in [0.1, 0.15) is 30.5 Å². The third kappa shape index (κ3) is 3.68. The summed E-state index contributed by atoms with van der Waals surface area (Å²) in [6, 6.07) is 22.2. The fraction of sp³-hybridized carbons (Fsp3) is 0.304. The van der Waals surface area contributed by atoms with E-state index in [9.17, 15) is 20.4 Å². The summed E-state index contributed by atoms with van der Waals surface area (Å²) < 4.78 is 5.67. The van der Waals surface area contributed by atoms with E-state index in [-0.39, 0.29) is 0 Å². The van der Waals surface area contributed by atoms with Crippen molar-refractivity contribution >= 4 is 0 Å². The molecule has 0 radical (unpaired) electrons. The molecule has 5 nitrogen and oxygen atoms in total. The van der Waals surface area contributed by atoms with Crippen molar-refractivity contribution in [3.63, 3.8) is 0 Å². The van der Waals surface area contributed by atoms with Crippen LogP contribution in [0.3, 0.4) is 0 Å². The minimum absolute atomic E-state index is 0.432. The van der Waals surface area contributed by atoms with E-state index in [4.69, 9.17) is 4.74 Å². The van der Waals surface area contributed by atoms with Crippen LogP contribution in [0.1, 0.15) is 22.8 Å². The molecule has 0 bridgehead atoms. The number of hydrogen-bond donors (Lipinski definition) is 4. The minimum Gasteiger partial charge on any atom is -0.394 e. The van der Waals surface area contributed by atoms with Crippen LogP contribution < -0.4 is 0 Å². The Morgan fingerprint density at radius 1 is 0.714 bits per heavy atom. The number of fused-ring (bicyclic) bond motifs is 1. The molecule has 28 heavy (non-hydrogen) atoms. The van der Waals surface area contributed by atoms with Crippen LogP contribution >= 0.6 is 0 Å². The second kappa shape index (κ2) is 7.99. The lowest BCUT2D eigenvalue weighted by molar-refractivity contribution is -0.231. The summed E-state index contributed by atoms with van der Waals surface area (Å²) in [4.78, 5) is 0. The van der Waals surface area contributed by atoms with Gasteiger partial charge in [0, 0.05) is 0 Å². The first-order valence-electron chi connectivity index (χ1n) is 9.44. The lowest BCUT2D eigenvalue weighted by Crippen LogP contribution is -2.55. The van der Waals surface area contributed by atoms with E-state index < -0.39 is 37.1 Å². The smallest absolute Gasteiger partial charge is 0.113 e. The van der Waals surface area contributed by atoms with Crippen molar-refractivity contribution in [2.75, 3.05) is 6.61 Å². The van der Waals surface area contributed by atoms with Crippen molar-refractivity contribution in [1.29, 1.82) is 0 Å². The molecule has 1 fully saturated rings. The van der Waals surface area contributed by atoms with Gasteiger partial charge in [-0.3, -0.25) is 0 Å². The molecule has 4 N–H and O–H groups in total. The Labute approximate surface area is 163 Å². The fourth-order valence-corrected chi connectivity index (χ4v) is 3.87. The first-order chi connectivity index (χ1) is 13.6. The number of rotatable bonds is 4. The molecule has 146 valence electrons. The monoisotopic (exact) mass is 380 g/mol. The van der Waals surface area contributed by atoms with Crippen molar-refractivity contribution in [1.82, 2.24) is 0 Å². The van der Waals surface area contributed by atoms with Crippen molar-refractivity contribution in [2.24, 2.45) is 0 Å². The highest BCUT2D eigenvalue weighted by Crippen LogP contribution is 2.33. The molecule has 1 aromatic rings. The molecule has 4 rings (SSSR count). The normalized spacial score (nSPS) is 27.8. The second-order valence-corrected chi connectivity index (χ2v) is 7.36. The fourth-order valence-electron chi connectivity index (χ4n) is 3.87. The number of benzene rings is 1. The average Bonchev–Trinajstić information content (AvgIpc) is 2.94. The molecule has 5 heteroatoms. The molecule has 0 saturated carbocycles. The van der Waals surface area contributed by atoms with Crippen molar-refractivity contribution in [2.45, 2.75) is 36.9 Å². The summed E-state index contributed by atoms with van der Waals surface area (Å²) in [7, 11) is 0. The molecule has 1 heterocycles. The molecular formula is C23H24O5. The molecule has 0 spiro atoms. The highest BCUT2D eigenvalue weighted by atomic mass is 16.5. The Balaban J connectivity index is 1.58. The Morgan fingerprint density at radius 2 is 1.43 bits per heavy atom. The maximum atomic E-state index is 10.4. The van der Waals surface area contributed by atoms with Crippen LogP contribution in [-0.4, -0.2) is 51.4 Å². The lowest BCUT2D eigenvalue weighted by Gasteiger charge is -2.40. The van der Waals surface area contributed by atoms with E-state index in [0.717, 1.165) is 12.0 Å². The van der Waals surface area contributed by atoms with E-state index in [1.165, 1.54) is 16.7 Å². The van der Waals surface area contributed by atoms with Crippen LogP contribution in [0, 0.1) is 0 Å². The third-order valence-electron chi connectivity index (χ3n) is 5.37. The van der Waals surface area contributed by atoms with Gasteiger partial charge in [0.15, 0.2) is 0 Å². The van der Waals surface area contributed by atoms with E-state index in [1.807, 2.05) is 42.5 Å². The summed E-state index contributed by atoms with van der Waals surface area (Å²) in [5.41, 5.74) is 5.31. The standard InChI is InChI=1S/C23H24O5/c24-13-19-20(25)21(26)22(27)23(28-19)18-8-4-5-14(10-18)9-15-11-16-6-2-1-3-7-17(16)12-15/h1-8,10-12,19-27H,9,13H2/t19?,20-,21+,22-,23?/m1/s1.